The van der Waals surface area contributed by atoms with E-state index >= 15 is 0 Å². The molecule has 1 atom stereocenters. The van der Waals surface area contributed by atoms with Gasteiger partial charge in [-0.25, -0.2) is 0 Å². The Hall–Kier alpha value is -2.82. The molecular formula is C23H28N2O3. The zero-order valence-electron chi connectivity index (χ0n) is 16.8. The van der Waals surface area contributed by atoms with E-state index in [-0.39, 0.29) is 24.2 Å². The molecule has 1 aliphatic heterocycles. The van der Waals surface area contributed by atoms with Gasteiger partial charge in [0.25, 0.3) is 0 Å². The summed E-state index contributed by atoms with van der Waals surface area (Å²) in [7, 11) is 0. The third kappa shape index (κ3) is 4.19. The molecular weight excluding hydrogens is 352 g/mol. The number of ether oxygens (including phenoxy) is 1. The number of amides is 2. The van der Waals surface area contributed by atoms with Gasteiger partial charge in [-0.15, -0.1) is 0 Å². The molecule has 1 N–H and O–H groups in total. The van der Waals surface area contributed by atoms with E-state index in [1.165, 1.54) is 0 Å². The molecule has 0 radical (unpaired) electrons. The molecule has 0 unspecified atom stereocenters. The van der Waals surface area contributed by atoms with Gasteiger partial charge in [0.1, 0.15) is 5.75 Å². The first-order valence-electron chi connectivity index (χ1n) is 10.0. The van der Waals surface area contributed by atoms with Crippen molar-refractivity contribution in [3.05, 3.63) is 53.6 Å². The Bertz CT molecular complexity index is 823. The number of carbonyl (C=O) groups excluding carboxylic acids is 2. The van der Waals surface area contributed by atoms with Crippen molar-refractivity contribution in [1.29, 1.82) is 0 Å². The average Bonchev–Trinajstić information content (AvgIpc) is 3.10. The van der Waals surface area contributed by atoms with Gasteiger partial charge in [0, 0.05) is 24.3 Å². The normalized spacial score (nSPS) is 16.3. The predicted octanol–water partition coefficient (Wildman–Crippen LogP) is 4.20. The van der Waals surface area contributed by atoms with Gasteiger partial charge in [-0.2, -0.15) is 0 Å². The first-order valence-corrected chi connectivity index (χ1v) is 10.0. The number of hydrogen-bond donors (Lipinski definition) is 1. The summed E-state index contributed by atoms with van der Waals surface area (Å²) in [6.45, 7) is 7.14. The first-order chi connectivity index (χ1) is 13.6. The Kier molecular flexibility index (Phi) is 6.34. The highest BCUT2D eigenvalue weighted by molar-refractivity contribution is 6.04. The molecule has 1 fully saturated rings. The summed E-state index contributed by atoms with van der Waals surface area (Å²) in [5.74, 6) is 0.314. The number of hydrogen-bond acceptors (Lipinski definition) is 3. The standard InChI is InChI=1S/C23H28N2O3/c1-4-16-8-7-9-17(5-2)22(16)25-15-18(14-21(25)26)23(27)24-19-10-12-20(13-11-19)28-6-3/h7-13,18H,4-6,14-15H2,1-3H3,(H,24,27)/t18-/m0/s1. The highest BCUT2D eigenvalue weighted by Gasteiger charge is 2.36. The molecule has 3 rings (SSSR count). The number of para-hydroxylation sites is 1. The minimum atomic E-state index is -0.353. The molecule has 1 saturated heterocycles. The van der Waals surface area contributed by atoms with E-state index in [1.54, 1.807) is 4.90 Å². The molecule has 0 aromatic heterocycles. The number of nitrogens with one attached hydrogen (secondary N) is 1. The van der Waals surface area contributed by atoms with Crippen molar-refractivity contribution in [1.82, 2.24) is 0 Å². The van der Waals surface area contributed by atoms with Crippen molar-refractivity contribution < 1.29 is 14.3 Å². The van der Waals surface area contributed by atoms with Crippen LogP contribution >= 0.6 is 0 Å². The minimum absolute atomic E-state index is 0.0162. The lowest BCUT2D eigenvalue weighted by Gasteiger charge is -2.23. The smallest absolute Gasteiger partial charge is 0.229 e. The molecule has 28 heavy (non-hydrogen) atoms. The summed E-state index contributed by atoms with van der Waals surface area (Å²) in [6.07, 6.45) is 1.95. The van der Waals surface area contributed by atoms with Crippen LogP contribution in [-0.2, 0) is 22.4 Å². The molecule has 148 valence electrons. The minimum Gasteiger partial charge on any atom is -0.494 e. The van der Waals surface area contributed by atoms with Crippen molar-refractivity contribution in [2.45, 2.75) is 40.0 Å². The average molecular weight is 380 g/mol. The maximum Gasteiger partial charge on any atom is 0.229 e. The summed E-state index contributed by atoms with van der Waals surface area (Å²) in [6, 6.07) is 13.5. The van der Waals surface area contributed by atoms with Gasteiger partial charge >= 0.3 is 0 Å². The number of rotatable bonds is 7. The van der Waals surface area contributed by atoms with Crippen molar-refractivity contribution >= 4 is 23.2 Å². The van der Waals surface area contributed by atoms with Gasteiger partial charge in [-0.05, 0) is 55.2 Å². The number of carbonyl (C=O) groups is 2. The maximum atomic E-state index is 12.7. The maximum absolute atomic E-state index is 12.7. The highest BCUT2D eigenvalue weighted by Crippen LogP contribution is 2.33. The Morgan fingerprint density at radius 1 is 1.07 bits per heavy atom. The van der Waals surface area contributed by atoms with Gasteiger partial charge in [0.15, 0.2) is 0 Å². The molecule has 1 aliphatic rings. The molecule has 2 aromatic rings. The van der Waals surface area contributed by atoms with E-state index in [0.717, 1.165) is 35.4 Å². The van der Waals surface area contributed by atoms with E-state index in [1.807, 2.05) is 37.3 Å². The van der Waals surface area contributed by atoms with Crippen molar-refractivity contribution in [2.75, 3.05) is 23.4 Å². The number of benzene rings is 2. The quantitative estimate of drug-likeness (QED) is 0.783. The van der Waals surface area contributed by atoms with Crippen LogP contribution in [0.1, 0.15) is 38.3 Å². The SMILES string of the molecule is CCOc1ccc(NC(=O)[C@H]2CC(=O)N(c3c(CC)cccc3CC)C2)cc1. The van der Waals surface area contributed by atoms with Gasteiger partial charge in [-0.3, -0.25) is 9.59 Å². The van der Waals surface area contributed by atoms with Crippen molar-refractivity contribution in [2.24, 2.45) is 5.92 Å². The largest absolute Gasteiger partial charge is 0.494 e. The molecule has 5 heteroatoms. The second-order valence-electron chi connectivity index (χ2n) is 6.98. The van der Waals surface area contributed by atoms with Crippen LogP contribution in [0.2, 0.25) is 0 Å². The van der Waals surface area contributed by atoms with Crippen molar-refractivity contribution in [3.63, 3.8) is 0 Å². The van der Waals surface area contributed by atoms with E-state index in [9.17, 15) is 9.59 Å². The summed E-state index contributed by atoms with van der Waals surface area (Å²) in [4.78, 5) is 27.3. The Labute approximate surface area is 166 Å². The fraction of sp³-hybridized carbons (Fsp3) is 0.391. The monoisotopic (exact) mass is 380 g/mol. The van der Waals surface area contributed by atoms with E-state index < -0.39 is 0 Å². The Balaban J connectivity index is 1.73. The predicted molar refractivity (Wildman–Crippen MR) is 112 cm³/mol. The van der Waals surface area contributed by atoms with E-state index in [4.69, 9.17) is 4.74 Å². The van der Waals surface area contributed by atoms with Crippen LogP contribution in [0.5, 0.6) is 5.75 Å². The lowest BCUT2D eigenvalue weighted by Crippen LogP contribution is -2.29. The fourth-order valence-corrected chi connectivity index (χ4v) is 3.71. The topological polar surface area (TPSA) is 58.6 Å². The van der Waals surface area contributed by atoms with Gasteiger partial charge in [0.2, 0.25) is 11.8 Å². The van der Waals surface area contributed by atoms with Gasteiger partial charge in [-0.1, -0.05) is 32.0 Å². The summed E-state index contributed by atoms with van der Waals surface area (Å²) >= 11 is 0. The molecule has 1 heterocycles. The summed E-state index contributed by atoms with van der Waals surface area (Å²) in [5.41, 5.74) is 4.01. The fourth-order valence-electron chi connectivity index (χ4n) is 3.71. The van der Waals surface area contributed by atoms with E-state index in [0.29, 0.717) is 18.8 Å². The lowest BCUT2D eigenvalue weighted by molar-refractivity contribution is -0.122. The third-order valence-electron chi connectivity index (χ3n) is 5.16. The molecule has 2 amide bonds. The summed E-state index contributed by atoms with van der Waals surface area (Å²) < 4.78 is 5.42. The second-order valence-corrected chi connectivity index (χ2v) is 6.98. The molecule has 0 bridgehead atoms. The highest BCUT2D eigenvalue weighted by atomic mass is 16.5. The lowest BCUT2D eigenvalue weighted by atomic mass is 10.0. The molecule has 5 nitrogen and oxygen atoms in total. The summed E-state index contributed by atoms with van der Waals surface area (Å²) in [5, 5.41) is 2.93. The molecule has 0 saturated carbocycles. The Morgan fingerprint density at radius 3 is 2.29 bits per heavy atom. The molecule has 2 aromatic carbocycles. The van der Waals surface area contributed by atoms with Crippen LogP contribution in [0.25, 0.3) is 0 Å². The van der Waals surface area contributed by atoms with Crippen LogP contribution in [0.15, 0.2) is 42.5 Å². The molecule has 0 spiro atoms. The first kappa shape index (κ1) is 19.9. The van der Waals surface area contributed by atoms with Gasteiger partial charge < -0.3 is 15.0 Å². The number of anilines is 2. The van der Waals surface area contributed by atoms with Crippen LogP contribution < -0.4 is 15.0 Å². The second kappa shape index (κ2) is 8.91. The third-order valence-corrected chi connectivity index (χ3v) is 5.16. The van der Waals surface area contributed by atoms with Crippen LogP contribution in [0, 0.1) is 5.92 Å². The van der Waals surface area contributed by atoms with Crippen molar-refractivity contribution in [3.8, 4) is 5.75 Å². The Morgan fingerprint density at radius 2 is 1.71 bits per heavy atom. The van der Waals surface area contributed by atoms with Gasteiger partial charge in [0.05, 0.1) is 12.5 Å². The van der Waals surface area contributed by atoms with Crippen LogP contribution in [0.3, 0.4) is 0 Å². The molecule has 0 aliphatic carbocycles. The number of aryl methyl sites for hydroxylation is 2. The zero-order chi connectivity index (χ0) is 20.1. The number of nitrogens with zero attached hydrogens (tertiary/aromatic N) is 1. The zero-order valence-corrected chi connectivity index (χ0v) is 16.8. The van der Waals surface area contributed by atoms with Crippen LogP contribution in [0.4, 0.5) is 11.4 Å². The van der Waals surface area contributed by atoms with Crippen LogP contribution in [-0.4, -0.2) is 25.0 Å². The van der Waals surface area contributed by atoms with E-state index in [2.05, 4.69) is 31.3 Å².